The lowest BCUT2D eigenvalue weighted by Gasteiger charge is -2.19. The third-order valence-corrected chi connectivity index (χ3v) is 8.32. The summed E-state index contributed by atoms with van der Waals surface area (Å²) in [6.45, 7) is -0.0457. The molecule has 13 heteroatoms. The van der Waals surface area contributed by atoms with Gasteiger partial charge in [-0.05, 0) is 49.2 Å². The van der Waals surface area contributed by atoms with Crippen LogP contribution < -0.4 is 10.1 Å². The number of nitrogens with one attached hydrogen (secondary N) is 1. The minimum Gasteiger partial charge on any atom is -0.480 e. The quantitative estimate of drug-likeness (QED) is 0.372. The van der Waals surface area contributed by atoms with Gasteiger partial charge >= 0.3 is 6.18 Å². The van der Waals surface area contributed by atoms with Crippen LogP contribution in [-0.2, 0) is 27.4 Å². The molecular formula is C23H22F4N4O4S. The minimum absolute atomic E-state index is 0.0401. The first-order chi connectivity index (χ1) is 17.0. The second-order valence-corrected chi connectivity index (χ2v) is 10.5. The number of alkyl halides is 3. The number of ether oxygens (including phenoxy) is 1. The predicted octanol–water partition coefficient (Wildman–Crippen LogP) is 3.69. The molecule has 1 aliphatic carbocycles. The van der Waals surface area contributed by atoms with E-state index in [2.05, 4.69) is 15.4 Å². The molecule has 2 atom stereocenters. The fourth-order valence-corrected chi connectivity index (χ4v) is 6.25. The molecule has 192 valence electrons. The number of carbonyl (C=O) groups is 1. The van der Waals surface area contributed by atoms with Crippen LogP contribution in [0.3, 0.4) is 0 Å². The lowest BCUT2D eigenvalue weighted by atomic mass is 10.1. The monoisotopic (exact) mass is 526 g/mol. The minimum atomic E-state index is -4.57. The molecule has 8 nitrogen and oxygen atoms in total. The first-order valence-corrected chi connectivity index (χ1v) is 12.5. The highest BCUT2D eigenvalue weighted by Gasteiger charge is 2.42. The Morgan fingerprint density at radius 1 is 1.17 bits per heavy atom. The number of sulfone groups is 1. The summed E-state index contributed by atoms with van der Waals surface area (Å²) in [6.07, 6.45) is -0.847. The zero-order valence-electron chi connectivity index (χ0n) is 19.0. The normalized spacial score (nSPS) is 18.2. The molecule has 1 amide bonds. The number of nitrogens with zero attached hydrogens (tertiary/aromatic N) is 3. The Balaban J connectivity index is 1.47. The second kappa shape index (κ2) is 9.88. The number of pyridine rings is 1. The van der Waals surface area contributed by atoms with Crippen LogP contribution in [0.1, 0.15) is 30.5 Å². The van der Waals surface area contributed by atoms with E-state index in [0.717, 1.165) is 24.4 Å². The summed E-state index contributed by atoms with van der Waals surface area (Å²) in [5.74, 6) is -1.68. The van der Waals surface area contributed by atoms with Crippen LogP contribution in [0, 0.1) is 11.7 Å². The number of amides is 1. The summed E-state index contributed by atoms with van der Waals surface area (Å²) < 4.78 is 84.1. The molecule has 0 spiro atoms. The molecule has 2 heterocycles. The van der Waals surface area contributed by atoms with Gasteiger partial charge in [-0.3, -0.25) is 4.79 Å². The molecule has 1 fully saturated rings. The molecule has 1 N–H and O–H groups in total. The molecule has 0 saturated heterocycles. The lowest BCUT2D eigenvalue weighted by molar-refractivity contribution is -0.141. The maximum Gasteiger partial charge on any atom is 0.433 e. The number of methoxy groups -OCH3 is 1. The summed E-state index contributed by atoms with van der Waals surface area (Å²) in [5, 5.41) is 5.93. The summed E-state index contributed by atoms with van der Waals surface area (Å²) in [4.78, 5) is 16.3. The van der Waals surface area contributed by atoms with E-state index in [0.29, 0.717) is 24.8 Å². The van der Waals surface area contributed by atoms with E-state index in [1.54, 1.807) is 0 Å². The first kappa shape index (κ1) is 25.6. The molecule has 3 aromatic rings. The topological polar surface area (TPSA) is 103 Å². The average molecular weight is 527 g/mol. The number of aromatic nitrogens is 3. The standard InChI is InChI=1S/C23H22F4N4O4S/c1-35-22-14(13-31(30-22)16-7-10-20(28-12-16)23(25,26)27)11-29-21(32)18-3-2-4-19(18)36(33,34)17-8-5-15(24)6-9-17/h5-10,12-13,18-19H,2-4,11H2,1H3,(H,29,32)/t18-,19+/m1/s1. The summed E-state index contributed by atoms with van der Waals surface area (Å²) >= 11 is 0. The third kappa shape index (κ3) is 5.20. The molecule has 1 saturated carbocycles. The number of hydrogen-bond donors (Lipinski definition) is 1. The van der Waals surface area contributed by atoms with Crippen LogP contribution in [0.25, 0.3) is 5.69 Å². The highest BCUT2D eigenvalue weighted by Crippen LogP contribution is 2.35. The molecule has 1 aliphatic rings. The van der Waals surface area contributed by atoms with Crippen LogP contribution in [0.2, 0.25) is 0 Å². The van der Waals surface area contributed by atoms with Gasteiger partial charge in [0.05, 0.1) is 40.6 Å². The van der Waals surface area contributed by atoms with E-state index in [1.165, 1.54) is 36.2 Å². The van der Waals surface area contributed by atoms with E-state index in [9.17, 15) is 30.8 Å². The summed E-state index contributed by atoms with van der Waals surface area (Å²) in [5.41, 5.74) is -0.360. The SMILES string of the molecule is COc1nn(-c2ccc(C(F)(F)F)nc2)cc1CNC(=O)[C@@H]1CCC[C@@H]1S(=O)(=O)c1ccc(F)cc1. The highest BCUT2D eigenvalue weighted by atomic mass is 32.2. The fourth-order valence-electron chi connectivity index (χ4n) is 4.22. The Labute approximate surface area is 204 Å². The van der Waals surface area contributed by atoms with Crippen LogP contribution in [0.5, 0.6) is 5.88 Å². The molecule has 36 heavy (non-hydrogen) atoms. The van der Waals surface area contributed by atoms with E-state index >= 15 is 0 Å². The van der Waals surface area contributed by atoms with Crippen molar-refractivity contribution < 1.29 is 35.5 Å². The van der Waals surface area contributed by atoms with E-state index in [-0.39, 0.29) is 23.0 Å². The number of carbonyl (C=O) groups excluding carboxylic acids is 1. The van der Waals surface area contributed by atoms with Gasteiger partial charge in [-0.2, -0.15) is 13.2 Å². The van der Waals surface area contributed by atoms with Crippen molar-refractivity contribution in [1.82, 2.24) is 20.1 Å². The molecule has 4 rings (SSSR count). The van der Waals surface area contributed by atoms with Crippen LogP contribution in [0.4, 0.5) is 17.6 Å². The van der Waals surface area contributed by atoms with Gasteiger partial charge in [0, 0.05) is 12.7 Å². The third-order valence-electron chi connectivity index (χ3n) is 6.03. The van der Waals surface area contributed by atoms with Crippen molar-refractivity contribution in [1.29, 1.82) is 0 Å². The van der Waals surface area contributed by atoms with Crippen molar-refractivity contribution in [3.8, 4) is 11.6 Å². The summed E-state index contributed by atoms with van der Waals surface area (Å²) in [7, 11) is -2.49. The number of halogens is 4. The molecule has 0 radical (unpaired) electrons. The fraction of sp³-hybridized carbons (Fsp3) is 0.348. The van der Waals surface area contributed by atoms with Gasteiger partial charge in [-0.1, -0.05) is 6.42 Å². The number of hydrogen-bond acceptors (Lipinski definition) is 6. The van der Waals surface area contributed by atoms with Crippen molar-refractivity contribution in [2.24, 2.45) is 5.92 Å². The van der Waals surface area contributed by atoms with Crippen molar-refractivity contribution >= 4 is 15.7 Å². The van der Waals surface area contributed by atoms with Gasteiger partial charge in [0.1, 0.15) is 11.5 Å². The Bertz CT molecular complexity index is 1340. The van der Waals surface area contributed by atoms with Gasteiger partial charge in [0.2, 0.25) is 11.8 Å². The Kier molecular flexibility index (Phi) is 7.03. The van der Waals surface area contributed by atoms with E-state index < -0.39 is 44.6 Å². The molecule has 0 unspecified atom stereocenters. The highest BCUT2D eigenvalue weighted by molar-refractivity contribution is 7.92. The average Bonchev–Trinajstić information content (AvgIpc) is 3.50. The largest absolute Gasteiger partial charge is 0.480 e. The van der Waals surface area contributed by atoms with Crippen molar-refractivity contribution in [2.45, 2.75) is 42.1 Å². The van der Waals surface area contributed by atoms with Gasteiger partial charge in [0.25, 0.3) is 0 Å². The van der Waals surface area contributed by atoms with E-state index in [1.807, 2.05) is 0 Å². The van der Waals surface area contributed by atoms with Crippen LogP contribution >= 0.6 is 0 Å². The first-order valence-electron chi connectivity index (χ1n) is 10.9. The number of rotatable bonds is 7. The predicted molar refractivity (Wildman–Crippen MR) is 119 cm³/mol. The van der Waals surface area contributed by atoms with Gasteiger partial charge < -0.3 is 10.1 Å². The number of benzene rings is 1. The zero-order chi connectivity index (χ0) is 26.1. The van der Waals surface area contributed by atoms with Crippen LogP contribution in [-0.4, -0.2) is 41.4 Å². The smallest absolute Gasteiger partial charge is 0.433 e. The van der Waals surface area contributed by atoms with Crippen molar-refractivity contribution in [3.63, 3.8) is 0 Å². The van der Waals surface area contributed by atoms with Crippen molar-refractivity contribution in [3.05, 3.63) is 65.9 Å². The Morgan fingerprint density at radius 2 is 1.89 bits per heavy atom. The summed E-state index contributed by atoms with van der Waals surface area (Å²) in [6, 6.07) is 6.53. The molecule has 0 bridgehead atoms. The molecule has 0 aliphatic heterocycles. The second-order valence-electron chi connectivity index (χ2n) is 8.30. The maximum atomic E-state index is 13.2. The van der Waals surface area contributed by atoms with Gasteiger partial charge in [-0.15, -0.1) is 5.10 Å². The molecular weight excluding hydrogens is 504 g/mol. The zero-order valence-corrected chi connectivity index (χ0v) is 19.8. The molecule has 2 aromatic heterocycles. The molecule has 1 aromatic carbocycles. The maximum absolute atomic E-state index is 13.2. The van der Waals surface area contributed by atoms with Crippen molar-refractivity contribution in [2.75, 3.05) is 7.11 Å². The lowest BCUT2D eigenvalue weighted by Crippen LogP contribution is -2.38. The van der Waals surface area contributed by atoms with Gasteiger partial charge in [0.15, 0.2) is 9.84 Å². The van der Waals surface area contributed by atoms with Crippen LogP contribution in [0.15, 0.2) is 53.7 Å². The Hall–Kier alpha value is -3.48. The van der Waals surface area contributed by atoms with Gasteiger partial charge in [-0.25, -0.2) is 22.5 Å². The Morgan fingerprint density at radius 3 is 2.50 bits per heavy atom. The van der Waals surface area contributed by atoms with E-state index in [4.69, 9.17) is 4.74 Å².